The summed E-state index contributed by atoms with van der Waals surface area (Å²) in [7, 11) is 0. The van der Waals surface area contributed by atoms with Crippen LogP contribution < -0.4 is 0 Å². The predicted octanol–water partition coefficient (Wildman–Crippen LogP) is 15.9. The van der Waals surface area contributed by atoms with Gasteiger partial charge in [0.25, 0.3) is 0 Å². The van der Waals surface area contributed by atoms with Crippen molar-refractivity contribution in [2.24, 2.45) is 0 Å². The van der Waals surface area contributed by atoms with Crippen LogP contribution in [-0.4, -0.2) is 39.0 Å². The molecule has 8 nitrogen and oxygen atoms in total. The van der Waals surface area contributed by atoms with Crippen molar-refractivity contribution in [3.8, 4) is 56.9 Å². The van der Waals surface area contributed by atoms with E-state index in [-0.39, 0.29) is 0 Å². The van der Waals surface area contributed by atoms with Crippen LogP contribution in [0, 0.1) is 111 Å². The Balaban J connectivity index is 1.15. The standard InChI is InChI=1S/C64H62N8/c1-31-27-32(2)36(6)53(35(31)5)61-65-29-67-63(69-61)55-39(9)43(13)58(44(14)40(55)10)71-51-24-20-18-22-49(51)57-52(71)26-25-48-47-21-17-19-23-50(47)72(60(48)57)59-45(15)41(11)56(42(12)46(59)16)64-68-30-66-62(70-64)54-37(7)33(3)28-34(4)38(54)8/h17-30H,1-16H3. The normalized spacial score (nSPS) is 11.9. The number of aromatic nitrogens is 8. The average molecular weight is 943 g/mol. The Morgan fingerprint density at radius 3 is 1.07 bits per heavy atom. The summed E-state index contributed by atoms with van der Waals surface area (Å²) >= 11 is 0. The van der Waals surface area contributed by atoms with Gasteiger partial charge in [0, 0.05) is 43.8 Å². The van der Waals surface area contributed by atoms with Gasteiger partial charge in [0.1, 0.15) is 12.7 Å². The molecule has 0 aliphatic heterocycles. The number of hydrogen-bond donors (Lipinski definition) is 0. The molecule has 0 spiro atoms. The van der Waals surface area contributed by atoms with Crippen LogP contribution in [0.2, 0.25) is 0 Å². The molecular formula is C64H62N8. The highest BCUT2D eigenvalue weighted by Gasteiger charge is 2.28. The third-order valence-electron chi connectivity index (χ3n) is 16.9. The van der Waals surface area contributed by atoms with E-state index < -0.39 is 0 Å². The van der Waals surface area contributed by atoms with Crippen LogP contribution in [0.25, 0.3) is 101 Å². The second kappa shape index (κ2) is 16.9. The van der Waals surface area contributed by atoms with Crippen molar-refractivity contribution < 1.29 is 0 Å². The first kappa shape index (κ1) is 46.5. The third kappa shape index (κ3) is 6.64. The van der Waals surface area contributed by atoms with Crippen molar-refractivity contribution >= 4 is 43.6 Å². The molecule has 7 aromatic carbocycles. The number of hydrogen-bond acceptors (Lipinski definition) is 6. The molecule has 8 heteroatoms. The largest absolute Gasteiger partial charge is 0.309 e. The molecule has 358 valence electrons. The highest BCUT2D eigenvalue weighted by Crippen LogP contribution is 2.47. The van der Waals surface area contributed by atoms with Gasteiger partial charge in [-0.15, -0.1) is 0 Å². The zero-order valence-electron chi connectivity index (χ0n) is 44.7. The summed E-state index contributed by atoms with van der Waals surface area (Å²) in [5.41, 5.74) is 30.5. The maximum atomic E-state index is 5.26. The van der Waals surface area contributed by atoms with E-state index in [1.807, 2.05) is 0 Å². The highest BCUT2D eigenvalue weighted by molar-refractivity contribution is 6.26. The van der Waals surface area contributed by atoms with E-state index in [1.54, 1.807) is 12.7 Å². The van der Waals surface area contributed by atoms with Crippen LogP contribution in [-0.2, 0) is 0 Å². The van der Waals surface area contributed by atoms with Gasteiger partial charge in [-0.05, 0) is 218 Å². The van der Waals surface area contributed by atoms with Crippen LogP contribution in [0.15, 0.2) is 85.5 Å². The van der Waals surface area contributed by atoms with Gasteiger partial charge in [-0.2, -0.15) is 0 Å². The van der Waals surface area contributed by atoms with Gasteiger partial charge < -0.3 is 9.13 Å². The van der Waals surface area contributed by atoms with Gasteiger partial charge in [-0.1, -0.05) is 54.6 Å². The molecule has 0 unspecified atom stereocenters. The van der Waals surface area contributed by atoms with Gasteiger partial charge in [0.2, 0.25) is 0 Å². The quantitative estimate of drug-likeness (QED) is 0.165. The number of fused-ring (bicyclic) bond motifs is 7. The average Bonchev–Trinajstić information content (AvgIpc) is 3.87. The molecule has 4 heterocycles. The number of para-hydroxylation sites is 2. The van der Waals surface area contributed by atoms with E-state index >= 15 is 0 Å². The first-order chi connectivity index (χ1) is 34.4. The zero-order valence-corrected chi connectivity index (χ0v) is 44.7. The van der Waals surface area contributed by atoms with Crippen molar-refractivity contribution in [3.05, 3.63) is 174 Å². The Hall–Kier alpha value is -7.84. The van der Waals surface area contributed by atoms with Crippen molar-refractivity contribution in [1.82, 2.24) is 39.0 Å². The topological polar surface area (TPSA) is 87.2 Å². The molecule has 0 N–H and O–H groups in total. The number of nitrogens with zero attached hydrogens (tertiary/aromatic N) is 8. The fraction of sp³-hybridized carbons (Fsp3) is 0.250. The summed E-state index contributed by atoms with van der Waals surface area (Å²) in [6, 6.07) is 27.0. The molecule has 0 bridgehead atoms. The minimum absolute atomic E-state index is 0.697. The minimum atomic E-state index is 0.697. The summed E-state index contributed by atoms with van der Waals surface area (Å²) in [6.07, 6.45) is 3.36. The summed E-state index contributed by atoms with van der Waals surface area (Å²) in [5.74, 6) is 2.82. The van der Waals surface area contributed by atoms with Crippen LogP contribution in [0.3, 0.4) is 0 Å². The lowest BCUT2D eigenvalue weighted by Crippen LogP contribution is -2.09. The molecular weight excluding hydrogens is 881 g/mol. The predicted molar refractivity (Wildman–Crippen MR) is 299 cm³/mol. The second-order valence-electron chi connectivity index (χ2n) is 20.5. The smallest absolute Gasteiger partial charge is 0.163 e. The molecule has 11 rings (SSSR count). The van der Waals surface area contributed by atoms with Crippen LogP contribution in [0.4, 0.5) is 0 Å². The Morgan fingerprint density at radius 2 is 0.653 bits per heavy atom. The molecule has 0 atom stereocenters. The number of benzene rings is 7. The lowest BCUT2D eigenvalue weighted by Gasteiger charge is -2.23. The van der Waals surface area contributed by atoms with E-state index in [9.17, 15) is 0 Å². The lowest BCUT2D eigenvalue weighted by molar-refractivity contribution is 1.03. The Bertz CT molecular complexity index is 4050. The molecule has 0 saturated carbocycles. The molecule has 0 aliphatic rings. The summed E-state index contributed by atoms with van der Waals surface area (Å²) < 4.78 is 5.06. The maximum absolute atomic E-state index is 5.26. The van der Waals surface area contributed by atoms with Crippen LogP contribution in [0.5, 0.6) is 0 Å². The molecule has 0 aliphatic carbocycles. The molecule has 0 amide bonds. The van der Waals surface area contributed by atoms with E-state index in [1.165, 1.54) is 111 Å². The molecule has 4 aromatic heterocycles. The summed E-state index contributed by atoms with van der Waals surface area (Å²) in [5, 5.41) is 4.86. The molecule has 0 fully saturated rings. The SMILES string of the molecule is Cc1cc(C)c(C)c(-c2ncnc(-c3c(C)c(C)c(-n4c5ccccc5c5c4ccc4c6ccccc6n(-c6c(C)c(C)c(-c7ncnc(-c8c(C)c(C)cc(C)c8C)n7)c(C)c6C)c45)c(C)c3C)n2)c1C. The van der Waals surface area contributed by atoms with Gasteiger partial charge in [0.05, 0.1) is 33.4 Å². The summed E-state index contributed by atoms with van der Waals surface area (Å²) in [4.78, 5) is 29.8. The van der Waals surface area contributed by atoms with Gasteiger partial charge in [-0.25, -0.2) is 29.9 Å². The van der Waals surface area contributed by atoms with Crippen molar-refractivity contribution in [2.45, 2.75) is 111 Å². The molecule has 11 aromatic rings. The van der Waals surface area contributed by atoms with Gasteiger partial charge >= 0.3 is 0 Å². The highest BCUT2D eigenvalue weighted by atomic mass is 15.0. The third-order valence-corrected chi connectivity index (χ3v) is 16.9. The molecule has 0 saturated heterocycles. The number of rotatable bonds is 6. The van der Waals surface area contributed by atoms with Gasteiger partial charge in [-0.3, -0.25) is 0 Å². The summed E-state index contributed by atoms with van der Waals surface area (Å²) in [6.45, 7) is 35.3. The van der Waals surface area contributed by atoms with Crippen molar-refractivity contribution in [2.75, 3.05) is 0 Å². The monoisotopic (exact) mass is 943 g/mol. The lowest BCUT2D eigenvalue weighted by atomic mass is 9.90. The maximum Gasteiger partial charge on any atom is 0.163 e. The fourth-order valence-electron chi connectivity index (χ4n) is 12.1. The Morgan fingerprint density at radius 1 is 0.306 bits per heavy atom. The van der Waals surface area contributed by atoms with Crippen molar-refractivity contribution in [1.29, 1.82) is 0 Å². The zero-order chi connectivity index (χ0) is 50.9. The second-order valence-corrected chi connectivity index (χ2v) is 20.5. The van der Waals surface area contributed by atoms with Crippen molar-refractivity contribution in [3.63, 3.8) is 0 Å². The Kier molecular flexibility index (Phi) is 10.9. The van der Waals surface area contributed by atoms with E-state index in [0.717, 1.165) is 55.5 Å². The first-order valence-corrected chi connectivity index (χ1v) is 25.1. The van der Waals surface area contributed by atoms with E-state index in [2.05, 4.69) is 193 Å². The first-order valence-electron chi connectivity index (χ1n) is 25.1. The van der Waals surface area contributed by atoms with Gasteiger partial charge in [0.15, 0.2) is 23.3 Å². The fourth-order valence-corrected chi connectivity index (χ4v) is 12.1. The van der Waals surface area contributed by atoms with Crippen LogP contribution >= 0.6 is 0 Å². The Labute approximate surface area is 422 Å². The molecule has 72 heavy (non-hydrogen) atoms. The number of aryl methyl sites for hydroxylation is 4. The van der Waals surface area contributed by atoms with E-state index in [4.69, 9.17) is 29.9 Å². The molecule has 0 radical (unpaired) electrons. The minimum Gasteiger partial charge on any atom is -0.309 e. The van der Waals surface area contributed by atoms with E-state index in [0.29, 0.717) is 23.3 Å². The van der Waals surface area contributed by atoms with Crippen LogP contribution in [0.1, 0.15) is 89.0 Å².